The molecule has 6 heteroatoms. The van der Waals surface area contributed by atoms with Crippen molar-refractivity contribution in [3.8, 4) is 0 Å². The van der Waals surface area contributed by atoms with Crippen LogP contribution in [0.5, 0.6) is 0 Å². The molecule has 1 aromatic carbocycles. The highest BCUT2D eigenvalue weighted by Crippen LogP contribution is 2.36. The largest absolute Gasteiger partial charge is 0.383 e. The minimum Gasteiger partial charge on any atom is -0.383 e. The maximum absolute atomic E-state index is 11.8. The molecule has 26 heavy (non-hydrogen) atoms. The molecule has 0 radical (unpaired) electrons. The summed E-state index contributed by atoms with van der Waals surface area (Å²) in [5, 5.41) is 15.0. The standard InChI is InChI=1S/C20H28N4OS/c1-22-10-12-24(13-11-22)18-15-23(16-19-21-8-14-26-19)9-7-20(18,25)17-5-3-2-4-6-17/h2-6,8,14,18,25H,7,9-13,15-16H2,1H3/t18-,20+/m1/s1. The van der Waals surface area contributed by atoms with Crippen molar-refractivity contribution < 1.29 is 5.11 Å². The number of likely N-dealkylation sites (N-methyl/N-ethyl adjacent to an activating group) is 1. The van der Waals surface area contributed by atoms with Crippen LogP contribution in [0.15, 0.2) is 41.9 Å². The van der Waals surface area contributed by atoms with Gasteiger partial charge in [-0.3, -0.25) is 9.80 Å². The molecule has 0 amide bonds. The van der Waals surface area contributed by atoms with Crippen molar-refractivity contribution in [3.63, 3.8) is 0 Å². The Morgan fingerprint density at radius 2 is 1.92 bits per heavy atom. The summed E-state index contributed by atoms with van der Waals surface area (Å²) in [6.45, 7) is 6.82. The van der Waals surface area contributed by atoms with E-state index in [2.05, 4.69) is 38.9 Å². The molecule has 2 atom stereocenters. The average Bonchev–Trinajstić information content (AvgIpc) is 3.18. The van der Waals surface area contributed by atoms with E-state index in [4.69, 9.17) is 0 Å². The van der Waals surface area contributed by atoms with Gasteiger partial charge in [0, 0.05) is 50.8 Å². The molecule has 4 rings (SSSR count). The first-order valence-corrected chi connectivity index (χ1v) is 10.3. The molecular weight excluding hydrogens is 344 g/mol. The van der Waals surface area contributed by atoms with Crippen molar-refractivity contribution in [1.82, 2.24) is 19.7 Å². The van der Waals surface area contributed by atoms with Gasteiger partial charge in [-0.25, -0.2) is 4.98 Å². The molecule has 5 nitrogen and oxygen atoms in total. The minimum atomic E-state index is -0.781. The van der Waals surface area contributed by atoms with Gasteiger partial charge in [-0.1, -0.05) is 30.3 Å². The minimum absolute atomic E-state index is 0.118. The topological polar surface area (TPSA) is 42.8 Å². The second-order valence-electron chi connectivity index (χ2n) is 7.56. The third-order valence-corrected chi connectivity index (χ3v) is 6.65. The van der Waals surface area contributed by atoms with E-state index >= 15 is 0 Å². The van der Waals surface area contributed by atoms with E-state index in [9.17, 15) is 5.11 Å². The summed E-state index contributed by atoms with van der Waals surface area (Å²) in [5.74, 6) is 0. The van der Waals surface area contributed by atoms with Crippen molar-refractivity contribution in [2.24, 2.45) is 0 Å². The van der Waals surface area contributed by atoms with E-state index in [0.29, 0.717) is 0 Å². The predicted molar refractivity (Wildman–Crippen MR) is 105 cm³/mol. The molecule has 2 fully saturated rings. The van der Waals surface area contributed by atoms with Crippen LogP contribution in [-0.2, 0) is 12.1 Å². The number of benzene rings is 1. The zero-order chi connectivity index (χ0) is 18.0. The number of piperazine rings is 1. The lowest BCUT2D eigenvalue weighted by Gasteiger charge is -2.51. The van der Waals surface area contributed by atoms with Crippen LogP contribution in [0.2, 0.25) is 0 Å². The molecule has 0 bridgehead atoms. The van der Waals surface area contributed by atoms with Crippen molar-refractivity contribution in [1.29, 1.82) is 0 Å². The monoisotopic (exact) mass is 372 g/mol. The van der Waals surface area contributed by atoms with Gasteiger partial charge >= 0.3 is 0 Å². The lowest BCUT2D eigenvalue weighted by molar-refractivity contribution is -0.108. The Hall–Kier alpha value is -1.31. The normalized spacial score (nSPS) is 29.1. The summed E-state index contributed by atoms with van der Waals surface area (Å²) < 4.78 is 0. The molecule has 2 saturated heterocycles. The number of aromatic nitrogens is 1. The van der Waals surface area contributed by atoms with Crippen LogP contribution in [0, 0.1) is 0 Å². The number of aliphatic hydroxyl groups is 1. The highest BCUT2D eigenvalue weighted by Gasteiger charge is 2.46. The van der Waals surface area contributed by atoms with E-state index in [-0.39, 0.29) is 6.04 Å². The van der Waals surface area contributed by atoms with Crippen molar-refractivity contribution in [2.45, 2.75) is 24.6 Å². The summed E-state index contributed by atoms with van der Waals surface area (Å²) in [6, 6.07) is 10.4. The van der Waals surface area contributed by atoms with Gasteiger partial charge in [-0.15, -0.1) is 11.3 Å². The average molecular weight is 373 g/mol. The molecule has 0 unspecified atom stereocenters. The number of rotatable bonds is 4. The van der Waals surface area contributed by atoms with Gasteiger partial charge in [0.05, 0.1) is 12.6 Å². The van der Waals surface area contributed by atoms with E-state index < -0.39 is 5.60 Å². The van der Waals surface area contributed by atoms with Crippen LogP contribution in [0.4, 0.5) is 0 Å². The molecular formula is C20H28N4OS. The number of piperidine rings is 1. The van der Waals surface area contributed by atoms with Crippen LogP contribution < -0.4 is 0 Å². The molecule has 2 aromatic rings. The Kier molecular flexibility index (Phi) is 5.38. The summed E-state index contributed by atoms with van der Waals surface area (Å²) in [6.07, 6.45) is 2.64. The van der Waals surface area contributed by atoms with Gasteiger partial charge in [-0.2, -0.15) is 0 Å². The van der Waals surface area contributed by atoms with Gasteiger partial charge in [0.2, 0.25) is 0 Å². The predicted octanol–water partition coefficient (Wildman–Crippen LogP) is 1.85. The number of nitrogens with zero attached hydrogens (tertiary/aromatic N) is 4. The van der Waals surface area contributed by atoms with E-state index in [1.165, 1.54) is 0 Å². The maximum atomic E-state index is 11.8. The van der Waals surface area contributed by atoms with Gasteiger partial charge < -0.3 is 10.0 Å². The van der Waals surface area contributed by atoms with E-state index in [1.54, 1.807) is 11.3 Å². The first kappa shape index (κ1) is 18.1. The van der Waals surface area contributed by atoms with E-state index in [1.807, 2.05) is 29.8 Å². The number of thiazole rings is 1. The van der Waals surface area contributed by atoms with Gasteiger partial charge in [0.25, 0.3) is 0 Å². The second kappa shape index (κ2) is 7.74. The zero-order valence-electron chi connectivity index (χ0n) is 15.4. The maximum Gasteiger partial charge on any atom is 0.108 e. The lowest BCUT2D eigenvalue weighted by atomic mass is 9.79. The molecule has 0 saturated carbocycles. The quantitative estimate of drug-likeness (QED) is 0.887. The summed E-state index contributed by atoms with van der Waals surface area (Å²) in [5.41, 5.74) is 0.272. The summed E-state index contributed by atoms with van der Waals surface area (Å²) in [4.78, 5) is 11.8. The first-order chi connectivity index (χ1) is 12.6. The van der Waals surface area contributed by atoms with Crippen LogP contribution in [0.25, 0.3) is 0 Å². The number of hydrogen-bond donors (Lipinski definition) is 1. The third kappa shape index (κ3) is 3.70. The smallest absolute Gasteiger partial charge is 0.108 e. The van der Waals surface area contributed by atoms with Crippen molar-refractivity contribution in [3.05, 3.63) is 52.5 Å². The van der Waals surface area contributed by atoms with Gasteiger partial charge in [0.1, 0.15) is 10.6 Å². The van der Waals surface area contributed by atoms with Gasteiger partial charge in [-0.05, 0) is 19.0 Å². The van der Waals surface area contributed by atoms with Crippen LogP contribution in [0.3, 0.4) is 0 Å². The van der Waals surface area contributed by atoms with Crippen LogP contribution >= 0.6 is 11.3 Å². The number of hydrogen-bond acceptors (Lipinski definition) is 6. The van der Waals surface area contributed by atoms with Crippen molar-refractivity contribution in [2.75, 3.05) is 46.3 Å². The third-order valence-electron chi connectivity index (χ3n) is 5.89. The number of likely N-dealkylation sites (tertiary alicyclic amines) is 1. The Balaban J connectivity index is 1.57. The second-order valence-corrected chi connectivity index (χ2v) is 8.54. The highest BCUT2D eigenvalue weighted by molar-refractivity contribution is 7.09. The molecule has 3 heterocycles. The fourth-order valence-corrected chi connectivity index (χ4v) is 4.92. The van der Waals surface area contributed by atoms with Gasteiger partial charge in [0.15, 0.2) is 0 Å². The Morgan fingerprint density at radius 3 is 2.62 bits per heavy atom. The highest BCUT2D eigenvalue weighted by atomic mass is 32.1. The van der Waals surface area contributed by atoms with Crippen molar-refractivity contribution >= 4 is 11.3 Å². The molecule has 0 aliphatic carbocycles. The Morgan fingerprint density at radius 1 is 1.15 bits per heavy atom. The lowest BCUT2D eigenvalue weighted by Crippen LogP contribution is -2.63. The SMILES string of the molecule is CN1CCN([C@@H]2CN(Cc3nccs3)CC[C@]2(O)c2ccccc2)CC1. The fraction of sp³-hybridized carbons (Fsp3) is 0.550. The fourth-order valence-electron chi connectivity index (χ4n) is 4.26. The van der Waals surface area contributed by atoms with E-state index in [0.717, 1.165) is 62.8 Å². The summed E-state index contributed by atoms with van der Waals surface area (Å²) in [7, 11) is 2.18. The summed E-state index contributed by atoms with van der Waals surface area (Å²) >= 11 is 1.71. The molecule has 2 aliphatic heterocycles. The molecule has 0 spiro atoms. The molecule has 140 valence electrons. The zero-order valence-corrected chi connectivity index (χ0v) is 16.2. The van der Waals surface area contributed by atoms with Crippen LogP contribution in [-0.4, -0.2) is 77.1 Å². The Labute approximate surface area is 159 Å². The first-order valence-electron chi connectivity index (χ1n) is 9.46. The van der Waals surface area contributed by atoms with Crippen LogP contribution in [0.1, 0.15) is 17.0 Å². The molecule has 2 aliphatic rings. The molecule has 1 N–H and O–H groups in total. The Bertz CT molecular complexity index is 687. The molecule has 1 aromatic heterocycles.